The molecule has 1 aromatic heterocycles. The zero-order chi connectivity index (χ0) is 22.8. The Bertz CT molecular complexity index is 1370. The van der Waals surface area contributed by atoms with E-state index in [0.29, 0.717) is 22.8 Å². The highest BCUT2D eigenvalue weighted by Crippen LogP contribution is 2.39. The minimum absolute atomic E-state index is 0.139. The zero-order valence-corrected chi connectivity index (χ0v) is 19.5. The van der Waals surface area contributed by atoms with Crippen LogP contribution in [0, 0.1) is 0 Å². The van der Waals surface area contributed by atoms with Gasteiger partial charge in [0.1, 0.15) is 17.3 Å². The van der Waals surface area contributed by atoms with E-state index in [1.54, 1.807) is 18.1 Å². The van der Waals surface area contributed by atoms with Crippen LogP contribution in [0.25, 0.3) is 23.1 Å². The molecule has 0 spiro atoms. The van der Waals surface area contributed by atoms with Crippen molar-refractivity contribution in [2.45, 2.75) is 0 Å². The third kappa shape index (κ3) is 4.15. The van der Waals surface area contributed by atoms with Crippen molar-refractivity contribution < 1.29 is 13.9 Å². The summed E-state index contributed by atoms with van der Waals surface area (Å²) in [6.07, 6.45) is 3.68. The molecule has 0 fully saturated rings. The fourth-order valence-electron chi connectivity index (χ4n) is 3.84. The van der Waals surface area contributed by atoms with E-state index in [2.05, 4.69) is 15.9 Å². The van der Waals surface area contributed by atoms with E-state index in [9.17, 15) is 4.79 Å². The van der Waals surface area contributed by atoms with Crippen molar-refractivity contribution in [2.75, 3.05) is 12.0 Å². The van der Waals surface area contributed by atoms with Crippen LogP contribution in [0.5, 0.6) is 5.75 Å². The van der Waals surface area contributed by atoms with E-state index in [0.717, 1.165) is 27.1 Å². The number of benzene rings is 3. The second-order valence-corrected chi connectivity index (χ2v) is 8.43. The molecule has 0 bridgehead atoms. The summed E-state index contributed by atoms with van der Waals surface area (Å²) >= 11 is 3.45. The minimum Gasteiger partial charge on any atom is -0.495 e. The van der Waals surface area contributed by atoms with Gasteiger partial charge in [-0.25, -0.2) is 0 Å². The lowest BCUT2D eigenvalue weighted by Crippen LogP contribution is -2.25. The first-order valence-electron chi connectivity index (χ1n) is 10.5. The van der Waals surface area contributed by atoms with Gasteiger partial charge in [0.2, 0.25) is 0 Å². The van der Waals surface area contributed by atoms with Crippen LogP contribution in [0.2, 0.25) is 0 Å². The molecule has 2 heterocycles. The van der Waals surface area contributed by atoms with Gasteiger partial charge in [-0.2, -0.15) is 0 Å². The topological polar surface area (TPSA) is 42.7 Å². The van der Waals surface area contributed by atoms with Crippen molar-refractivity contribution in [3.8, 4) is 17.1 Å². The van der Waals surface area contributed by atoms with Gasteiger partial charge in [0, 0.05) is 15.6 Å². The van der Waals surface area contributed by atoms with Gasteiger partial charge in [0.05, 0.1) is 18.5 Å². The van der Waals surface area contributed by atoms with Gasteiger partial charge in [-0.15, -0.1) is 0 Å². The van der Waals surface area contributed by atoms with Crippen LogP contribution in [-0.4, -0.2) is 13.0 Å². The standard InChI is InChI=1S/C28H20BrNO3/c1-32-27-10-6-5-9-24(27)30-25(19-7-3-2-4-8-19)18-21(28(30)31)17-23-15-16-26(33-23)20-11-13-22(29)14-12-20/h2-18H,1H3/b21-17-. The van der Waals surface area contributed by atoms with Crippen molar-refractivity contribution in [1.82, 2.24) is 0 Å². The SMILES string of the molecule is COc1ccccc1N1C(=O)/C(=C\c2ccc(-c3ccc(Br)cc3)o2)C=C1c1ccccc1. The molecule has 0 saturated carbocycles. The van der Waals surface area contributed by atoms with Crippen LogP contribution < -0.4 is 9.64 Å². The molecule has 5 heteroatoms. The van der Waals surface area contributed by atoms with Crippen LogP contribution in [-0.2, 0) is 4.79 Å². The Morgan fingerprint density at radius 1 is 0.848 bits per heavy atom. The Hall–Kier alpha value is -3.83. The highest BCUT2D eigenvalue weighted by molar-refractivity contribution is 9.10. The van der Waals surface area contributed by atoms with Crippen molar-refractivity contribution in [1.29, 1.82) is 0 Å². The summed E-state index contributed by atoms with van der Waals surface area (Å²) in [5.74, 6) is 1.85. The minimum atomic E-state index is -0.139. The molecule has 5 rings (SSSR count). The zero-order valence-electron chi connectivity index (χ0n) is 17.9. The second kappa shape index (κ2) is 8.96. The summed E-state index contributed by atoms with van der Waals surface area (Å²) in [6, 6.07) is 29.1. The van der Waals surface area contributed by atoms with Crippen molar-refractivity contribution in [3.63, 3.8) is 0 Å². The number of para-hydroxylation sites is 2. The van der Waals surface area contributed by atoms with Gasteiger partial charge in [-0.1, -0.05) is 70.5 Å². The first kappa shape index (κ1) is 21.0. The molecule has 0 saturated heterocycles. The fourth-order valence-corrected chi connectivity index (χ4v) is 4.11. The van der Waals surface area contributed by atoms with Gasteiger partial charge < -0.3 is 9.15 Å². The molecular formula is C28H20BrNO3. The molecule has 1 amide bonds. The lowest BCUT2D eigenvalue weighted by Gasteiger charge is -2.22. The number of amides is 1. The normalized spacial score (nSPS) is 14.6. The second-order valence-electron chi connectivity index (χ2n) is 7.52. The number of furan rings is 1. The summed E-state index contributed by atoms with van der Waals surface area (Å²) in [4.78, 5) is 15.3. The molecule has 0 N–H and O–H groups in total. The number of ether oxygens (including phenoxy) is 1. The summed E-state index contributed by atoms with van der Waals surface area (Å²) < 4.78 is 12.6. The number of hydrogen-bond acceptors (Lipinski definition) is 3. The Morgan fingerprint density at radius 3 is 2.33 bits per heavy atom. The van der Waals surface area contributed by atoms with E-state index in [1.807, 2.05) is 97.1 Å². The predicted octanol–water partition coefficient (Wildman–Crippen LogP) is 7.19. The van der Waals surface area contributed by atoms with Gasteiger partial charge in [-0.05, 0) is 54.1 Å². The molecule has 33 heavy (non-hydrogen) atoms. The lowest BCUT2D eigenvalue weighted by atomic mass is 10.1. The van der Waals surface area contributed by atoms with E-state index in [1.165, 1.54) is 0 Å². The Balaban J connectivity index is 1.56. The molecule has 162 valence electrons. The van der Waals surface area contributed by atoms with Gasteiger partial charge in [-0.3, -0.25) is 9.69 Å². The van der Waals surface area contributed by atoms with Crippen molar-refractivity contribution >= 4 is 39.3 Å². The molecule has 4 aromatic rings. The molecule has 1 aliphatic rings. The van der Waals surface area contributed by atoms with E-state index < -0.39 is 0 Å². The third-order valence-electron chi connectivity index (χ3n) is 5.43. The van der Waals surface area contributed by atoms with Gasteiger partial charge in [0.25, 0.3) is 5.91 Å². The highest BCUT2D eigenvalue weighted by atomic mass is 79.9. The molecule has 3 aromatic carbocycles. The maximum absolute atomic E-state index is 13.6. The van der Waals surface area contributed by atoms with Crippen LogP contribution in [0.3, 0.4) is 0 Å². The number of anilines is 1. The summed E-state index contributed by atoms with van der Waals surface area (Å²) in [7, 11) is 1.61. The third-order valence-corrected chi connectivity index (χ3v) is 5.96. The fraction of sp³-hybridized carbons (Fsp3) is 0.0357. The first-order chi connectivity index (χ1) is 16.1. The Kier molecular flexibility index (Phi) is 5.71. The van der Waals surface area contributed by atoms with E-state index >= 15 is 0 Å². The monoisotopic (exact) mass is 497 g/mol. The number of hydrogen-bond donors (Lipinski definition) is 0. The smallest absolute Gasteiger partial charge is 0.263 e. The average molecular weight is 498 g/mol. The summed E-state index contributed by atoms with van der Waals surface area (Å²) in [6.45, 7) is 0. The molecular weight excluding hydrogens is 478 g/mol. The van der Waals surface area contributed by atoms with Crippen molar-refractivity contribution in [3.05, 3.63) is 118 Å². The molecule has 4 nitrogen and oxygen atoms in total. The maximum atomic E-state index is 13.6. The number of methoxy groups -OCH3 is 1. The highest BCUT2D eigenvalue weighted by Gasteiger charge is 2.32. The lowest BCUT2D eigenvalue weighted by molar-refractivity contribution is -0.113. The Labute approximate surface area is 200 Å². The quantitative estimate of drug-likeness (QED) is 0.274. The van der Waals surface area contributed by atoms with E-state index in [4.69, 9.17) is 9.15 Å². The largest absolute Gasteiger partial charge is 0.495 e. The number of carbonyl (C=O) groups excluding carboxylic acids is 1. The average Bonchev–Trinajstić information content (AvgIpc) is 3.45. The molecule has 1 aliphatic heterocycles. The number of nitrogens with zero attached hydrogens (tertiary/aromatic N) is 1. The maximum Gasteiger partial charge on any atom is 0.263 e. The summed E-state index contributed by atoms with van der Waals surface area (Å²) in [5.41, 5.74) is 3.93. The van der Waals surface area contributed by atoms with Crippen LogP contribution in [0.1, 0.15) is 11.3 Å². The molecule has 0 unspecified atom stereocenters. The van der Waals surface area contributed by atoms with Crippen molar-refractivity contribution in [2.24, 2.45) is 0 Å². The summed E-state index contributed by atoms with van der Waals surface area (Å²) in [5, 5.41) is 0. The van der Waals surface area contributed by atoms with E-state index in [-0.39, 0.29) is 5.91 Å². The van der Waals surface area contributed by atoms with Gasteiger partial charge >= 0.3 is 0 Å². The van der Waals surface area contributed by atoms with Crippen LogP contribution in [0.15, 0.2) is 112 Å². The molecule has 0 aliphatic carbocycles. The van der Waals surface area contributed by atoms with Crippen LogP contribution >= 0.6 is 15.9 Å². The Morgan fingerprint density at radius 2 is 1.58 bits per heavy atom. The predicted molar refractivity (Wildman–Crippen MR) is 135 cm³/mol. The van der Waals surface area contributed by atoms with Crippen LogP contribution in [0.4, 0.5) is 5.69 Å². The first-order valence-corrected chi connectivity index (χ1v) is 11.3. The number of rotatable bonds is 5. The molecule has 0 radical (unpaired) electrons. The number of carbonyl (C=O) groups is 1. The van der Waals surface area contributed by atoms with Gasteiger partial charge in [0.15, 0.2) is 0 Å². The number of halogens is 1. The molecule has 0 atom stereocenters.